The SMILES string of the molecule is CC(C)c1cccc(C(C)C)c1NC(=O)N(Cc1cccc(Cl)c1)[C@H]1CC[C@@H](C2CCCCC2)CC1. The summed E-state index contributed by atoms with van der Waals surface area (Å²) < 4.78 is 0. The summed E-state index contributed by atoms with van der Waals surface area (Å²) in [6, 6.07) is 14.7. The Morgan fingerprint density at radius 3 is 2.03 bits per heavy atom. The zero-order valence-corrected chi connectivity index (χ0v) is 23.5. The molecule has 2 aromatic rings. The van der Waals surface area contributed by atoms with Crippen LogP contribution in [-0.4, -0.2) is 17.0 Å². The van der Waals surface area contributed by atoms with Crippen LogP contribution in [0.5, 0.6) is 0 Å². The number of anilines is 1. The number of benzene rings is 2. The second-order valence-corrected chi connectivity index (χ2v) is 12.2. The molecule has 0 aromatic heterocycles. The van der Waals surface area contributed by atoms with Crippen molar-refractivity contribution in [3.63, 3.8) is 0 Å². The molecule has 4 rings (SSSR count). The average molecular weight is 509 g/mol. The number of amides is 2. The van der Waals surface area contributed by atoms with Crippen molar-refractivity contribution < 1.29 is 4.79 Å². The van der Waals surface area contributed by atoms with Gasteiger partial charge in [-0.15, -0.1) is 0 Å². The van der Waals surface area contributed by atoms with Gasteiger partial charge >= 0.3 is 6.03 Å². The van der Waals surface area contributed by atoms with Crippen LogP contribution in [0, 0.1) is 11.8 Å². The Labute approximate surface area is 224 Å². The first-order valence-corrected chi connectivity index (χ1v) is 14.7. The lowest BCUT2D eigenvalue weighted by molar-refractivity contribution is 0.120. The van der Waals surface area contributed by atoms with E-state index in [2.05, 4.69) is 62.2 Å². The number of nitrogens with zero attached hydrogens (tertiary/aromatic N) is 1. The van der Waals surface area contributed by atoms with Gasteiger partial charge in [0.1, 0.15) is 0 Å². The number of urea groups is 1. The lowest BCUT2D eigenvalue weighted by atomic mass is 9.72. The Balaban J connectivity index is 1.56. The largest absolute Gasteiger partial charge is 0.322 e. The number of carbonyl (C=O) groups excluding carboxylic acids is 1. The molecule has 0 saturated heterocycles. The van der Waals surface area contributed by atoms with Gasteiger partial charge in [-0.3, -0.25) is 0 Å². The highest BCUT2D eigenvalue weighted by Crippen LogP contribution is 2.40. The van der Waals surface area contributed by atoms with E-state index in [4.69, 9.17) is 11.6 Å². The summed E-state index contributed by atoms with van der Waals surface area (Å²) in [4.78, 5) is 16.1. The fourth-order valence-corrected chi connectivity index (χ4v) is 6.78. The molecule has 0 bridgehead atoms. The summed E-state index contributed by atoms with van der Waals surface area (Å²) in [5.74, 6) is 2.42. The highest BCUT2D eigenvalue weighted by molar-refractivity contribution is 6.30. The van der Waals surface area contributed by atoms with E-state index in [1.54, 1.807) is 0 Å². The highest BCUT2D eigenvalue weighted by atomic mass is 35.5. The van der Waals surface area contributed by atoms with E-state index < -0.39 is 0 Å². The molecule has 0 atom stereocenters. The third-order valence-corrected chi connectivity index (χ3v) is 8.84. The molecule has 0 heterocycles. The third-order valence-electron chi connectivity index (χ3n) is 8.61. The molecule has 2 aliphatic carbocycles. The number of halogens is 1. The Hall–Kier alpha value is -2.00. The molecular formula is C32H45ClN2O. The quantitative estimate of drug-likeness (QED) is 0.396. The molecule has 3 nitrogen and oxygen atoms in total. The number of nitrogens with one attached hydrogen (secondary N) is 1. The van der Waals surface area contributed by atoms with Crippen molar-refractivity contribution in [1.82, 2.24) is 4.90 Å². The average Bonchev–Trinajstić information content (AvgIpc) is 2.88. The van der Waals surface area contributed by atoms with Gasteiger partial charge in [-0.25, -0.2) is 4.79 Å². The maximum Gasteiger partial charge on any atom is 0.322 e. The molecule has 4 heteroatoms. The number of hydrogen-bond donors (Lipinski definition) is 1. The molecule has 2 amide bonds. The van der Waals surface area contributed by atoms with E-state index in [-0.39, 0.29) is 12.1 Å². The van der Waals surface area contributed by atoms with Gasteiger partial charge in [0.15, 0.2) is 0 Å². The van der Waals surface area contributed by atoms with Crippen LogP contribution in [0.4, 0.5) is 10.5 Å². The summed E-state index contributed by atoms with van der Waals surface area (Å²) >= 11 is 6.32. The number of hydrogen-bond acceptors (Lipinski definition) is 1. The molecular weight excluding hydrogens is 464 g/mol. The van der Waals surface area contributed by atoms with Gasteiger partial charge in [-0.1, -0.05) is 102 Å². The van der Waals surface area contributed by atoms with Crippen LogP contribution in [-0.2, 0) is 6.54 Å². The maximum atomic E-state index is 14.0. The van der Waals surface area contributed by atoms with Crippen LogP contribution in [0.2, 0.25) is 5.02 Å². The van der Waals surface area contributed by atoms with Gasteiger partial charge in [0.05, 0.1) is 0 Å². The first-order valence-electron chi connectivity index (χ1n) is 14.3. The Kier molecular flexibility index (Phi) is 9.39. The molecule has 1 N–H and O–H groups in total. The van der Waals surface area contributed by atoms with E-state index in [1.165, 1.54) is 56.1 Å². The van der Waals surface area contributed by atoms with Gasteiger partial charge in [-0.05, 0) is 78.2 Å². The monoisotopic (exact) mass is 508 g/mol. The van der Waals surface area contributed by atoms with Crippen LogP contribution in [0.3, 0.4) is 0 Å². The van der Waals surface area contributed by atoms with Crippen LogP contribution in [0.1, 0.15) is 114 Å². The molecule has 0 radical (unpaired) electrons. The summed E-state index contributed by atoms with van der Waals surface area (Å²) in [6.07, 6.45) is 11.7. The molecule has 196 valence electrons. The molecule has 0 unspecified atom stereocenters. The summed E-state index contributed by atoms with van der Waals surface area (Å²) in [5, 5.41) is 4.13. The van der Waals surface area contributed by atoms with Gasteiger partial charge in [0.25, 0.3) is 0 Å². The highest BCUT2D eigenvalue weighted by Gasteiger charge is 2.33. The normalized spacial score (nSPS) is 21.1. The second-order valence-electron chi connectivity index (χ2n) is 11.8. The van der Waals surface area contributed by atoms with E-state index >= 15 is 0 Å². The summed E-state index contributed by atoms with van der Waals surface area (Å²) in [7, 11) is 0. The van der Waals surface area contributed by atoms with Gasteiger partial charge in [-0.2, -0.15) is 0 Å². The molecule has 0 aliphatic heterocycles. The van der Waals surface area contributed by atoms with Crippen LogP contribution in [0.15, 0.2) is 42.5 Å². The maximum absolute atomic E-state index is 14.0. The zero-order chi connectivity index (χ0) is 25.7. The standard InChI is InChI=1S/C32H45ClN2O/c1-22(2)29-14-9-15-30(23(3)4)31(29)34-32(36)35(21-24-10-8-13-27(33)20-24)28-18-16-26(17-19-28)25-11-6-5-7-12-25/h8-10,13-15,20,22-23,25-26,28H,5-7,11-12,16-19,21H2,1-4H3,(H,34,36)/t26-,28+. The van der Waals surface area contributed by atoms with Crippen LogP contribution >= 0.6 is 11.6 Å². The van der Waals surface area contributed by atoms with Gasteiger partial charge < -0.3 is 10.2 Å². The van der Waals surface area contributed by atoms with Crippen molar-refractivity contribution in [2.24, 2.45) is 11.8 Å². The van der Waals surface area contributed by atoms with Crippen molar-refractivity contribution >= 4 is 23.3 Å². The van der Waals surface area contributed by atoms with Crippen molar-refractivity contribution in [3.8, 4) is 0 Å². The lowest BCUT2D eigenvalue weighted by Crippen LogP contribution is -2.45. The summed E-state index contributed by atoms with van der Waals surface area (Å²) in [5.41, 5.74) is 4.50. The molecule has 36 heavy (non-hydrogen) atoms. The van der Waals surface area contributed by atoms with Crippen LogP contribution < -0.4 is 5.32 Å². The topological polar surface area (TPSA) is 32.3 Å². The minimum atomic E-state index is 0.0195. The van der Waals surface area contributed by atoms with E-state index in [0.29, 0.717) is 18.4 Å². The fraction of sp³-hybridized carbons (Fsp3) is 0.594. The van der Waals surface area contributed by atoms with Gasteiger partial charge in [0.2, 0.25) is 0 Å². The van der Waals surface area contributed by atoms with Crippen molar-refractivity contribution in [2.45, 2.75) is 110 Å². The second kappa shape index (κ2) is 12.5. The molecule has 0 spiro atoms. The van der Waals surface area contributed by atoms with Crippen LogP contribution in [0.25, 0.3) is 0 Å². The van der Waals surface area contributed by atoms with E-state index in [0.717, 1.165) is 41.0 Å². The number of para-hydroxylation sites is 1. The Morgan fingerprint density at radius 1 is 0.861 bits per heavy atom. The van der Waals surface area contributed by atoms with Crippen molar-refractivity contribution in [3.05, 3.63) is 64.2 Å². The van der Waals surface area contributed by atoms with Gasteiger partial charge in [0, 0.05) is 23.3 Å². The molecule has 2 saturated carbocycles. The number of carbonyl (C=O) groups is 1. The minimum absolute atomic E-state index is 0.0195. The van der Waals surface area contributed by atoms with E-state index in [1.807, 2.05) is 18.2 Å². The predicted molar refractivity (Wildman–Crippen MR) is 153 cm³/mol. The molecule has 2 aliphatic rings. The minimum Gasteiger partial charge on any atom is -0.317 e. The number of rotatable bonds is 7. The Bertz CT molecular complexity index is 977. The predicted octanol–water partition coefficient (Wildman–Crippen LogP) is 9.76. The Morgan fingerprint density at radius 2 is 1.44 bits per heavy atom. The smallest absolute Gasteiger partial charge is 0.317 e. The first kappa shape index (κ1) is 27.0. The van der Waals surface area contributed by atoms with E-state index in [9.17, 15) is 4.79 Å². The molecule has 2 aromatic carbocycles. The first-order chi connectivity index (χ1) is 17.3. The lowest BCUT2D eigenvalue weighted by Gasteiger charge is -2.40. The molecule has 2 fully saturated rings. The summed E-state index contributed by atoms with van der Waals surface area (Å²) in [6.45, 7) is 9.39. The third kappa shape index (κ3) is 6.65. The zero-order valence-electron chi connectivity index (χ0n) is 22.7. The fourth-order valence-electron chi connectivity index (χ4n) is 6.56. The van der Waals surface area contributed by atoms with Crippen molar-refractivity contribution in [1.29, 1.82) is 0 Å². The van der Waals surface area contributed by atoms with Crippen molar-refractivity contribution in [2.75, 3.05) is 5.32 Å².